The van der Waals surface area contributed by atoms with E-state index in [9.17, 15) is 9.59 Å². The standard InChI is InChI=1S/C11H15NO4S/c1-8(5-13)6-17-7-10(14)12-11(15)9-3-2-4-16-9/h2-4,8,13H,5-7H2,1H3,(H,12,14,15). The molecule has 0 radical (unpaired) electrons. The van der Waals surface area contributed by atoms with Gasteiger partial charge in [-0.1, -0.05) is 6.92 Å². The molecule has 0 aliphatic heterocycles. The molecule has 0 saturated heterocycles. The molecule has 2 N–H and O–H groups in total. The summed E-state index contributed by atoms with van der Waals surface area (Å²) in [7, 11) is 0. The number of hydrogen-bond acceptors (Lipinski definition) is 5. The molecule has 1 atom stereocenters. The van der Waals surface area contributed by atoms with E-state index in [1.165, 1.54) is 24.1 Å². The average molecular weight is 257 g/mol. The molecule has 1 aromatic rings. The zero-order valence-electron chi connectivity index (χ0n) is 9.51. The van der Waals surface area contributed by atoms with Crippen LogP contribution in [0.15, 0.2) is 22.8 Å². The van der Waals surface area contributed by atoms with Crippen molar-refractivity contribution in [2.24, 2.45) is 5.92 Å². The van der Waals surface area contributed by atoms with Gasteiger partial charge >= 0.3 is 0 Å². The van der Waals surface area contributed by atoms with E-state index >= 15 is 0 Å². The molecule has 94 valence electrons. The Bertz CT molecular complexity index is 364. The normalized spacial score (nSPS) is 12.1. The molecular weight excluding hydrogens is 242 g/mol. The molecule has 0 aromatic carbocycles. The van der Waals surface area contributed by atoms with Crippen molar-refractivity contribution >= 4 is 23.6 Å². The lowest BCUT2D eigenvalue weighted by atomic mass is 10.2. The number of carbonyl (C=O) groups excluding carboxylic acids is 2. The van der Waals surface area contributed by atoms with Crippen LogP contribution < -0.4 is 5.32 Å². The maximum Gasteiger partial charge on any atom is 0.293 e. The summed E-state index contributed by atoms with van der Waals surface area (Å²) in [6.45, 7) is 1.98. The molecule has 0 bridgehead atoms. The van der Waals surface area contributed by atoms with Crippen molar-refractivity contribution in [2.75, 3.05) is 18.1 Å². The highest BCUT2D eigenvalue weighted by Crippen LogP contribution is 2.07. The number of imide groups is 1. The predicted molar refractivity (Wildman–Crippen MR) is 64.8 cm³/mol. The van der Waals surface area contributed by atoms with E-state index in [0.29, 0.717) is 5.75 Å². The van der Waals surface area contributed by atoms with Gasteiger partial charge in [0.05, 0.1) is 12.0 Å². The second-order valence-electron chi connectivity index (χ2n) is 3.66. The first kappa shape index (κ1) is 13.8. The van der Waals surface area contributed by atoms with Gasteiger partial charge < -0.3 is 9.52 Å². The lowest BCUT2D eigenvalue weighted by molar-refractivity contribution is -0.117. The van der Waals surface area contributed by atoms with Gasteiger partial charge in [-0.25, -0.2) is 0 Å². The van der Waals surface area contributed by atoms with Crippen LogP contribution in [-0.2, 0) is 4.79 Å². The lowest BCUT2D eigenvalue weighted by Crippen LogP contribution is -2.31. The Labute approximate surface area is 104 Å². The minimum Gasteiger partial charge on any atom is -0.459 e. The summed E-state index contributed by atoms with van der Waals surface area (Å²) in [5.41, 5.74) is 0. The molecule has 0 saturated carbocycles. The second kappa shape index (κ2) is 7.13. The smallest absolute Gasteiger partial charge is 0.293 e. The fourth-order valence-electron chi connectivity index (χ4n) is 1.04. The number of aliphatic hydroxyl groups excluding tert-OH is 1. The minimum atomic E-state index is -0.532. The van der Waals surface area contributed by atoms with Crippen LogP contribution in [0.25, 0.3) is 0 Å². The number of amides is 2. The Hall–Kier alpha value is -1.27. The van der Waals surface area contributed by atoms with Crippen LogP contribution in [-0.4, -0.2) is 35.0 Å². The fraction of sp³-hybridized carbons (Fsp3) is 0.455. The van der Waals surface area contributed by atoms with Gasteiger partial charge in [-0.3, -0.25) is 14.9 Å². The Kier molecular flexibility index (Phi) is 5.79. The van der Waals surface area contributed by atoms with Crippen molar-refractivity contribution in [1.29, 1.82) is 0 Å². The van der Waals surface area contributed by atoms with Gasteiger partial charge in [0, 0.05) is 6.61 Å². The summed E-state index contributed by atoms with van der Waals surface area (Å²) >= 11 is 1.38. The minimum absolute atomic E-state index is 0.0972. The van der Waals surface area contributed by atoms with Crippen LogP contribution in [0.2, 0.25) is 0 Å². The first-order valence-corrected chi connectivity index (χ1v) is 6.35. The van der Waals surface area contributed by atoms with Crippen molar-refractivity contribution in [3.8, 4) is 0 Å². The molecule has 1 heterocycles. The van der Waals surface area contributed by atoms with Crippen molar-refractivity contribution in [3.05, 3.63) is 24.2 Å². The third-order valence-electron chi connectivity index (χ3n) is 1.95. The summed E-state index contributed by atoms with van der Waals surface area (Å²) in [6, 6.07) is 3.07. The van der Waals surface area contributed by atoms with E-state index in [0.717, 1.165) is 0 Å². The molecule has 6 heteroatoms. The molecule has 0 spiro atoms. The number of furan rings is 1. The molecule has 5 nitrogen and oxygen atoms in total. The van der Waals surface area contributed by atoms with Crippen LogP contribution >= 0.6 is 11.8 Å². The molecule has 1 rings (SSSR count). The van der Waals surface area contributed by atoms with E-state index < -0.39 is 5.91 Å². The van der Waals surface area contributed by atoms with Crippen LogP contribution in [0.5, 0.6) is 0 Å². The van der Waals surface area contributed by atoms with Gasteiger partial charge in [-0.15, -0.1) is 0 Å². The van der Waals surface area contributed by atoms with Crippen molar-refractivity contribution < 1.29 is 19.1 Å². The maximum absolute atomic E-state index is 11.4. The molecule has 2 amide bonds. The number of aliphatic hydroxyl groups is 1. The second-order valence-corrected chi connectivity index (χ2v) is 4.69. The van der Waals surface area contributed by atoms with Crippen LogP contribution in [0.1, 0.15) is 17.5 Å². The van der Waals surface area contributed by atoms with Gasteiger partial charge in [-0.05, 0) is 23.8 Å². The first-order chi connectivity index (χ1) is 8.13. The van der Waals surface area contributed by atoms with E-state index in [-0.39, 0.29) is 29.9 Å². The zero-order valence-corrected chi connectivity index (χ0v) is 10.3. The van der Waals surface area contributed by atoms with Gasteiger partial charge in [0.15, 0.2) is 5.76 Å². The highest BCUT2D eigenvalue weighted by molar-refractivity contribution is 7.99. The molecule has 0 aliphatic rings. The first-order valence-electron chi connectivity index (χ1n) is 5.19. The molecule has 17 heavy (non-hydrogen) atoms. The monoisotopic (exact) mass is 257 g/mol. The highest BCUT2D eigenvalue weighted by atomic mass is 32.2. The quantitative estimate of drug-likeness (QED) is 0.791. The van der Waals surface area contributed by atoms with E-state index in [4.69, 9.17) is 9.52 Å². The molecule has 1 aromatic heterocycles. The van der Waals surface area contributed by atoms with Gasteiger partial charge in [0.1, 0.15) is 0 Å². The van der Waals surface area contributed by atoms with Gasteiger partial charge in [0.25, 0.3) is 5.91 Å². The predicted octanol–water partition coefficient (Wildman–Crippen LogP) is 0.898. The Morgan fingerprint density at radius 3 is 2.94 bits per heavy atom. The van der Waals surface area contributed by atoms with E-state index in [2.05, 4.69) is 5.32 Å². The van der Waals surface area contributed by atoms with Crippen LogP contribution in [0, 0.1) is 5.92 Å². The number of thioether (sulfide) groups is 1. The van der Waals surface area contributed by atoms with E-state index in [1.807, 2.05) is 6.92 Å². The molecular formula is C11H15NO4S. The number of rotatable bonds is 6. The van der Waals surface area contributed by atoms with Crippen molar-refractivity contribution in [1.82, 2.24) is 5.32 Å². The third-order valence-corrected chi connectivity index (χ3v) is 3.22. The summed E-state index contributed by atoms with van der Waals surface area (Å²) in [6.07, 6.45) is 1.37. The fourth-order valence-corrected chi connectivity index (χ4v) is 1.92. The van der Waals surface area contributed by atoms with Crippen molar-refractivity contribution in [2.45, 2.75) is 6.92 Å². The Balaban J connectivity index is 2.23. The molecule has 0 aliphatic carbocycles. The highest BCUT2D eigenvalue weighted by Gasteiger charge is 2.12. The zero-order chi connectivity index (χ0) is 12.7. The Morgan fingerprint density at radius 2 is 2.35 bits per heavy atom. The van der Waals surface area contributed by atoms with Gasteiger partial charge in [-0.2, -0.15) is 11.8 Å². The van der Waals surface area contributed by atoms with Crippen LogP contribution in [0.4, 0.5) is 0 Å². The average Bonchev–Trinajstić information content (AvgIpc) is 2.82. The number of nitrogens with one attached hydrogen (secondary N) is 1. The summed E-state index contributed by atoms with van der Waals surface area (Å²) in [5.74, 6) is 0.244. The maximum atomic E-state index is 11.4. The summed E-state index contributed by atoms with van der Waals surface area (Å²) in [4.78, 5) is 22.8. The number of carbonyl (C=O) groups is 2. The van der Waals surface area contributed by atoms with Crippen LogP contribution in [0.3, 0.4) is 0 Å². The summed E-state index contributed by atoms with van der Waals surface area (Å²) < 4.78 is 4.85. The van der Waals surface area contributed by atoms with Crippen molar-refractivity contribution in [3.63, 3.8) is 0 Å². The Morgan fingerprint density at radius 1 is 1.59 bits per heavy atom. The SMILES string of the molecule is CC(CO)CSCC(=O)NC(=O)c1ccco1. The van der Waals surface area contributed by atoms with E-state index in [1.54, 1.807) is 6.07 Å². The van der Waals surface area contributed by atoms with Gasteiger partial charge in [0.2, 0.25) is 5.91 Å². The third kappa shape index (κ3) is 5.06. The summed E-state index contributed by atoms with van der Waals surface area (Å²) in [5, 5.41) is 11.0. The topological polar surface area (TPSA) is 79.5 Å². The largest absolute Gasteiger partial charge is 0.459 e. The molecule has 0 fully saturated rings. The molecule has 1 unspecified atom stereocenters. The lowest BCUT2D eigenvalue weighted by Gasteiger charge is -2.06. The number of hydrogen-bond donors (Lipinski definition) is 2.